The van der Waals surface area contributed by atoms with Gasteiger partial charge in [0.05, 0.1) is 11.4 Å². The molecular weight excluding hydrogens is 751 g/mol. The van der Waals surface area contributed by atoms with Crippen molar-refractivity contribution >= 4 is 68.0 Å². The molecule has 0 fully saturated rings. The van der Waals surface area contributed by atoms with Crippen molar-refractivity contribution in [3.05, 3.63) is 237 Å². The SMILES string of the molecule is c1ccc(-c2ccc(N3c4cc(-c5ccccc5)ccc4B4c5cc(-c6ccccc6)ccc5Oc5cc(N(c6ccccc6)c6cccc7ccccc67)cc3c54)cc2)cc1. The lowest BCUT2D eigenvalue weighted by molar-refractivity contribution is 0.487. The highest BCUT2D eigenvalue weighted by molar-refractivity contribution is 6.99. The fourth-order valence-electron chi connectivity index (χ4n) is 9.60. The Morgan fingerprint density at radius 2 is 0.935 bits per heavy atom. The third-order valence-corrected chi connectivity index (χ3v) is 12.5. The molecule has 2 aliphatic heterocycles. The van der Waals surface area contributed by atoms with Crippen LogP contribution in [0.4, 0.5) is 34.1 Å². The van der Waals surface area contributed by atoms with Crippen molar-refractivity contribution in [3.8, 4) is 44.9 Å². The topological polar surface area (TPSA) is 15.7 Å². The van der Waals surface area contributed by atoms with Gasteiger partial charge in [0.25, 0.3) is 6.71 Å². The van der Waals surface area contributed by atoms with Crippen molar-refractivity contribution in [2.24, 2.45) is 0 Å². The summed E-state index contributed by atoms with van der Waals surface area (Å²) in [6, 6.07) is 85.3. The number of anilines is 6. The number of rotatable bonds is 7. The first-order chi connectivity index (χ1) is 30.7. The van der Waals surface area contributed by atoms with Gasteiger partial charge in [-0.3, -0.25) is 0 Å². The van der Waals surface area contributed by atoms with Gasteiger partial charge in [0, 0.05) is 34.2 Å². The van der Waals surface area contributed by atoms with E-state index in [9.17, 15) is 0 Å². The molecule has 0 atom stereocenters. The molecule has 2 aliphatic rings. The second-order valence-corrected chi connectivity index (χ2v) is 16.1. The standard InChI is InChI=1S/C58H39BN2O/c1-5-16-40(17-6-1)43-28-32-48(33-29-43)61-54-37-46(42-20-9-3-10-21-42)30-34-51(54)59-52-36-45(41-18-7-2-8-19-41)31-35-56(52)62-57-39-49(38-55(61)58(57)59)60(47-24-11-4-12-25-47)53-27-15-23-44-22-13-14-26-50(44)53/h1-39H. The number of benzene rings is 10. The molecule has 0 N–H and O–H groups in total. The number of fused-ring (bicyclic) bond motifs is 5. The van der Waals surface area contributed by atoms with Crippen molar-refractivity contribution < 1.29 is 4.74 Å². The molecule has 0 unspecified atom stereocenters. The summed E-state index contributed by atoms with van der Waals surface area (Å²) in [5, 5.41) is 2.36. The van der Waals surface area contributed by atoms with Gasteiger partial charge in [0.2, 0.25) is 0 Å². The summed E-state index contributed by atoms with van der Waals surface area (Å²) < 4.78 is 7.18. The monoisotopic (exact) mass is 790 g/mol. The van der Waals surface area contributed by atoms with Crippen LogP contribution in [0.2, 0.25) is 0 Å². The minimum Gasteiger partial charge on any atom is -0.458 e. The van der Waals surface area contributed by atoms with Crippen LogP contribution >= 0.6 is 0 Å². The van der Waals surface area contributed by atoms with Crippen LogP contribution in [0.15, 0.2) is 237 Å². The lowest BCUT2D eigenvalue weighted by atomic mass is 9.34. The maximum Gasteiger partial charge on any atom is 0.256 e. The van der Waals surface area contributed by atoms with Gasteiger partial charge in [-0.15, -0.1) is 0 Å². The molecule has 3 nitrogen and oxygen atoms in total. The molecule has 0 aromatic heterocycles. The normalized spacial score (nSPS) is 12.3. The average Bonchev–Trinajstić information content (AvgIpc) is 3.35. The van der Waals surface area contributed by atoms with Crippen LogP contribution < -0.4 is 30.9 Å². The van der Waals surface area contributed by atoms with Crippen LogP contribution in [0.3, 0.4) is 0 Å². The highest BCUT2D eigenvalue weighted by Gasteiger charge is 2.43. The van der Waals surface area contributed by atoms with Crippen LogP contribution in [0.5, 0.6) is 11.5 Å². The molecule has 2 heterocycles. The highest BCUT2D eigenvalue weighted by atomic mass is 16.5. The maximum atomic E-state index is 7.18. The summed E-state index contributed by atoms with van der Waals surface area (Å²) >= 11 is 0. The zero-order chi connectivity index (χ0) is 41.0. The van der Waals surface area contributed by atoms with E-state index in [1.54, 1.807) is 0 Å². The Kier molecular flexibility index (Phi) is 8.60. The quantitative estimate of drug-likeness (QED) is 0.150. The number of ether oxygens (including phenoxy) is 1. The molecule has 0 spiro atoms. The van der Waals surface area contributed by atoms with E-state index >= 15 is 0 Å². The van der Waals surface area contributed by atoms with E-state index in [-0.39, 0.29) is 6.71 Å². The minimum absolute atomic E-state index is 0.0798. The Morgan fingerprint density at radius 3 is 1.65 bits per heavy atom. The van der Waals surface area contributed by atoms with Gasteiger partial charge in [-0.25, -0.2) is 0 Å². The molecule has 0 radical (unpaired) electrons. The Bertz CT molecular complexity index is 3260. The van der Waals surface area contributed by atoms with Gasteiger partial charge in [0.15, 0.2) is 0 Å². The lowest BCUT2D eigenvalue weighted by Crippen LogP contribution is -2.59. The van der Waals surface area contributed by atoms with Crippen molar-refractivity contribution in [1.82, 2.24) is 0 Å². The van der Waals surface area contributed by atoms with Crippen molar-refractivity contribution in [1.29, 1.82) is 0 Å². The number of para-hydroxylation sites is 1. The molecule has 0 saturated heterocycles. The molecule has 62 heavy (non-hydrogen) atoms. The molecule has 10 aromatic carbocycles. The van der Waals surface area contributed by atoms with Crippen molar-refractivity contribution in [2.45, 2.75) is 0 Å². The fraction of sp³-hybridized carbons (Fsp3) is 0. The van der Waals surface area contributed by atoms with Gasteiger partial charge >= 0.3 is 0 Å². The van der Waals surface area contributed by atoms with Crippen LogP contribution in [-0.2, 0) is 0 Å². The summed E-state index contributed by atoms with van der Waals surface area (Å²) in [5.41, 5.74) is 17.1. The minimum atomic E-state index is -0.0798. The predicted molar refractivity (Wildman–Crippen MR) is 261 cm³/mol. The Labute approximate surface area is 362 Å². The largest absolute Gasteiger partial charge is 0.458 e. The van der Waals surface area contributed by atoms with Crippen molar-refractivity contribution in [3.63, 3.8) is 0 Å². The van der Waals surface area contributed by atoms with E-state index in [4.69, 9.17) is 4.74 Å². The van der Waals surface area contributed by atoms with E-state index in [2.05, 4.69) is 246 Å². The third-order valence-electron chi connectivity index (χ3n) is 12.5. The van der Waals surface area contributed by atoms with Crippen LogP contribution in [0, 0.1) is 0 Å². The summed E-state index contributed by atoms with van der Waals surface area (Å²) in [5.74, 6) is 1.73. The summed E-state index contributed by atoms with van der Waals surface area (Å²) in [6.07, 6.45) is 0. The molecular formula is C58H39BN2O. The molecule has 12 rings (SSSR count). The first-order valence-electron chi connectivity index (χ1n) is 21.3. The second-order valence-electron chi connectivity index (χ2n) is 16.1. The molecule has 0 amide bonds. The van der Waals surface area contributed by atoms with Gasteiger partial charge in [0.1, 0.15) is 11.5 Å². The fourth-order valence-corrected chi connectivity index (χ4v) is 9.60. The first-order valence-corrected chi connectivity index (χ1v) is 21.3. The molecule has 0 aliphatic carbocycles. The van der Waals surface area contributed by atoms with E-state index in [1.165, 1.54) is 49.6 Å². The zero-order valence-electron chi connectivity index (χ0n) is 33.9. The lowest BCUT2D eigenvalue weighted by Gasteiger charge is -2.41. The first kappa shape index (κ1) is 35.8. The van der Waals surface area contributed by atoms with E-state index in [0.717, 1.165) is 56.5 Å². The summed E-state index contributed by atoms with van der Waals surface area (Å²) in [7, 11) is 0. The van der Waals surface area contributed by atoms with Gasteiger partial charge in [-0.1, -0.05) is 182 Å². The van der Waals surface area contributed by atoms with Gasteiger partial charge in [-0.2, -0.15) is 0 Å². The van der Waals surface area contributed by atoms with Crippen LogP contribution in [-0.4, -0.2) is 6.71 Å². The molecule has 0 saturated carbocycles. The Morgan fingerprint density at radius 1 is 0.371 bits per heavy atom. The van der Waals surface area contributed by atoms with Crippen LogP contribution in [0.1, 0.15) is 0 Å². The highest BCUT2D eigenvalue weighted by Crippen LogP contribution is 2.47. The number of nitrogens with zero attached hydrogens (tertiary/aromatic N) is 2. The summed E-state index contributed by atoms with van der Waals surface area (Å²) in [4.78, 5) is 4.86. The molecule has 4 heteroatoms. The number of hydrogen-bond donors (Lipinski definition) is 0. The molecule has 0 bridgehead atoms. The Balaban J connectivity index is 1.14. The maximum absolute atomic E-state index is 7.18. The van der Waals surface area contributed by atoms with Gasteiger partial charge in [-0.05, 0) is 104 Å². The van der Waals surface area contributed by atoms with E-state index in [0.29, 0.717) is 0 Å². The Hall–Kier alpha value is -8.08. The van der Waals surface area contributed by atoms with Crippen LogP contribution in [0.25, 0.3) is 44.2 Å². The summed E-state index contributed by atoms with van der Waals surface area (Å²) in [6.45, 7) is -0.0798. The number of hydrogen-bond acceptors (Lipinski definition) is 3. The zero-order valence-corrected chi connectivity index (χ0v) is 33.9. The third kappa shape index (κ3) is 6.07. The van der Waals surface area contributed by atoms with Crippen molar-refractivity contribution in [2.75, 3.05) is 9.80 Å². The van der Waals surface area contributed by atoms with Gasteiger partial charge < -0.3 is 14.5 Å². The average molecular weight is 791 g/mol. The van der Waals surface area contributed by atoms with E-state index < -0.39 is 0 Å². The predicted octanol–water partition coefficient (Wildman–Crippen LogP) is 13.7. The second kappa shape index (κ2) is 14.9. The molecule has 10 aromatic rings. The van der Waals surface area contributed by atoms with E-state index in [1.807, 2.05) is 0 Å². The smallest absolute Gasteiger partial charge is 0.256 e. The molecule has 290 valence electrons.